The maximum atomic E-state index is 15.7. The summed E-state index contributed by atoms with van der Waals surface area (Å²) in [5.74, 6) is -2.86. The Bertz CT molecular complexity index is 2320. The molecule has 1 aliphatic heterocycles. The number of hydrogen-bond donors (Lipinski definition) is 1. The van der Waals surface area contributed by atoms with Crippen molar-refractivity contribution in [3.8, 4) is 5.69 Å². The fourth-order valence-electron chi connectivity index (χ4n) is 6.45. The van der Waals surface area contributed by atoms with Crippen LogP contribution in [0.1, 0.15) is 41.8 Å². The summed E-state index contributed by atoms with van der Waals surface area (Å²) in [7, 11) is 1.52. The Morgan fingerprint density at radius 3 is 2.60 bits per heavy atom. The lowest BCUT2D eigenvalue weighted by molar-refractivity contribution is -0.167. The summed E-state index contributed by atoms with van der Waals surface area (Å²) in [6.07, 6.45) is -0.518. The van der Waals surface area contributed by atoms with Gasteiger partial charge in [-0.1, -0.05) is 19.1 Å². The van der Waals surface area contributed by atoms with Gasteiger partial charge in [0.25, 0.3) is 11.5 Å². The zero-order valence-corrected chi connectivity index (χ0v) is 29.2. The maximum absolute atomic E-state index is 15.7. The van der Waals surface area contributed by atoms with E-state index in [9.17, 15) is 32.3 Å². The fraction of sp³-hybridized carbons (Fsp3) is 0.351. The minimum Gasteiger partial charge on any atom is -0.461 e. The van der Waals surface area contributed by atoms with E-state index in [1.54, 1.807) is 32.0 Å². The number of nitrogens with zero attached hydrogens (tertiary/aromatic N) is 5. The summed E-state index contributed by atoms with van der Waals surface area (Å²) in [6, 6.07) is 6.74. The van der Waals surface area contributed by atoms with E-state index in [1.807, 2.05) is 0 Å². The summed E-state index contributed by atoms with van der Waals surface area (Å²) in [5.41, 5.74) is -0.410. The molecule has 12 nitrogen and oxygen atoms in total. The van der Waals surface area contributed by atoms with E-state index in [0.29, 0.717) is 22.9 Å². The van der Waals surface area contributed by atoms with Crippen LogP contribution in [0.15, 0.2) is 70.6 Å². The predicted octanol–water partition coefficient (Wildman–Crippen LogP) is 4.53. The van der Waals surface area contributed by atoms with Gasteiger partial charge in [0.2, 0.25) is 0 Å². The number of carbonyl (C=O) groups is 2. The van der Waals surface area contributed by atoms with E-state index < -0.39 is 65.5 Å². The highest BCUT2D eigenvalue weighted by molar-refractivity contribution is 5.99. The lowest BCUT2D eigenvalue weighted by Gasteiger charge is -2.38. The summed E-state index contributed by atoms with van der Waals surface area (Å²) in [5, 5.41) is 3.29. The van der Waals surface area contributed by atoms with Crippen molar-refractivity contribution in [1.29, 1.82) is 0 Å². The van der Waals surface area contributed by atoms with Gasteiger partial charge in [-0.25, -0.2) is 18.5 Å². The quantitative estimate of drug-likeness (QED) is 0.171. The number of anilines is 1. The molecule has 0 spiro atoms. The normalized spacial score (nSPS) is 16.1. The molecule has 1 saturated heterocycles. The smallest absolute Gasteiger partial charge is 0.411 e. The summed E-state index contributed by atoms with van der Waals surface area (Å²) in [6.45, 7) is 4.12. The molecule has 1 aliphatic rings. The van der Waals surface area contributed by atoms with Crippen LogP contribution in [-0.4, -0.2) is 75.1 Å². The van der Waals surface area contributed by atoms with E-state index in [1.165, 1.54) is 55.3 Å². The molecule has 1 amide bonds. The molecule has 1 N–H and O–H groups in total. The van der Waals surface area contributed by atoms with Crippen molar-refractivity contribution in [3.63, 3.8) is 0 Å². The van der Waals surface area contributed by atoms with Crippen LogP contribution in [0.2, 0.25) is 0 Å². The van der Waals surface area contributed by atoms with Crippen LogP contribution in [-0.2, 0) is 27.7 Å². The highest BCUT2D eigenvalue weighted by Crippen LogP contribution is 2.33. The van der Waals surface area contributed by atoms with E-state index in [0.717, 1.165) is 15.5 Å². The molecule has 1 fully saturated rings. The van der Waals surface area contributed by atoms with Crippen molar-refractivity contribution in [2.24, 2.45) is 7.05 Å². The average Bonchev–Trinajstić information content (AvgIpc) is 3.13. The molecule has 0 bridgehead atoms. The SMILES string of the molecule is CC[C@@H](C)OC(=O)[C@H](Cc1ccc(-n2c(=O)c3ccncc3n(C)c2=O)c2ncccc12)NC(=O)c1c(C)cc(N2CCOC[C@@H]2C(F)(F)F)cc1F. The second-order valence-electron chi connectivity index (χ2n) is 12.8. The van der Waals surface area contributed by atoms with Crippen LogP contribution < -0.4 is 21.5 Å². The van der Waals surface area contributed by atoms with E-state index >= 15 is 4.39 Å². The molecule has 5 aromatic rings. The Morgan fingerprint density at radius 2 is 1.89 bits per heavy atom. The van der Waals surface area contributed by atoms with Crippen LogP contribution in [0, 0.1) is 12.7 Å². The van der Waals surface area contributed by atoms with Crippen molar-refractivity contribution in [3.05, 3.63) is 104 Å². The number of aryl methyl sites for hydroxylation is 2. The number of pyridine rings is 2. The van der Waals surface area contributed by atoms with Crippen molar-refractivity contribution in [2.75, 3.05) is 24.7 Å². The number of aromatic nitrogens is 4. The molecule has 3 aromatic heterocycles. The van der Waals surface area contributed by atoms with Gasteiger partial charge >= 0.3 is 17.8 Å². The van der Waals surface area contributed by atoms with Gasteiger partial charge in [0, 0.05) is 43.5 Å². The Labute approximate surface area is 300 Å². The zero-order chi connectivity index (χ0) is 38.2. The van der Waals surface area contributed by atoms with Crippen molar-refractivity contribution < 1.29 is 36.6 Å². The number of rotatable bonds is 9. The number of fused-ring (bicyclic) bond motifs is 2. The number of carbonyl (C=O) groups excluding carboxylic acids is 2. The van der Waals surface area contributed by atoms with Gasteiger partial charge in [-0.2, -0.15) is 13.2 Å². The number of alkyl halides is 3. The van der Waals surface area contributed by atoms with Crippen molar-refractivity contribution in [1.82, 2.24) is 24.4 Å². The molecule has 2 aromatic carbocycles. The number of amides is 1. The number of esters is 1. The summed E-state index contributed by atoms with van der Waals surface area (Å²) >= 11 is 0. The standard InChI is InChI=1S/C37H36F4N6O6/c1-5-21(3)53-35(50)27(44-33(48)31-20(2)15-23(17-26(31)38)46-13-14-52-19-30(46)37(39,40)41)16-22-8-9-28(32-24(22)7-6-11-43-32)47-34(49)25-10-12-42-18-29(25)45(4)36(47)51/h6-12,15,17-18,21,27,30H,5,13-14,16,19H2,1-4H3,(H,44,48)/t21-,27+,30-/m1/s1. The minimum atomic E-state index is -4.64. The number of nitrogens with one attached hydrogen (secondary N) is 1. The molecular weight excluding hydrogens is 700 g/mol. The first-order valence-electron chi connectivity index (χ1n) is 16.9. The van der Waals surface area contributed by atoms with E-state index in [4.69, 9.17) is 9.47 Å². The van der Waals surface area contributed by atoms with Gasteiger partial charge in [0.05, 0.1) is 53.2 Å². The van der Waals surface area contributed by atoms with E-state index in [-0.39, 0.29) is 47.4 Å². The second-order valence-corrected chi connectivity index (χ2v) is 12.8. The molecule has 0 aliphatic carbocycles. The molecule has 16 heteroatoms. The lowest BCUT2D eigenvalue weighted by Crippen LogP contribution is -2.53. The molecule has 0 unspecified atom stereocenters. The number of benzene rings is 2. The largest absolute Gasteiger partial charge is 0.461 e. The molecule has 6 rings (SSSR count). The Balaban J connectivity index is 1.37. The Morgan fingerprint density at radius 1 is 1.11 bits per heavy atom. The third kappa shape index (κ3) is 7.23. The fourth-order valence-corrected chi connectivity index (χ4v) is 6.45. The van der Waals surface area contributed by atoms with Gasteiger partial charge in [0.15, 0.2) is 0 Å². The van der Waals surface area contributed by atoms with Crippen molar-refractivity contribution >= 4 is 39.4 Å². The number of hydrogen-bond acceptors (Lipinski definition) is 9. The van der Waals surface area contributed by atoms with Crippen molar-refractivity contribution in [2.45, 2.75) is 58.0 Å². The minimum absolute atomic E-state index is 0.00794. The van der Waals surface area contributed by atoms with E-state index in [2.05, 4.69) is 15.3 Å². The first kappa shape index (κ1) is 37.1. The summed E-state index contributed by atoms with van der Waals surface area (Å²) in [4.78, 5) is 63.8. The number of morpholine rings is 1. The maximum Gasteiger partial charge on any atom is 0.411 e. The van der Waals surface area contributed by atoms with Crippen LogP contribution >= 0.6 is 0 Å². The Hall–Kier alpha value is -5.64. The summed E-state index contributed by atoms with van der Waals surface area (Å²) < 4.78 is 69.9. The topological polar surface area (TPSA) is 138 Å². The first-order chi connectivity index (χ1) is 25.2. The number of ether oxygens (including phenoxy) is 2. The third-order valence-electron chi connectivity index (χ3n) is 9.40. The van der Waals surface area contributed by atoms with Gasteiger partial charge in [-0.15, -0.1) is 0 Å². The van der Waals surface area contributed by atoms with Gasteiger partial charge in [-0.05, 0) is 61.7 Å². The van der Waals surface area contributed by atoms with Crippen LogP contribution in [0.3, 0.4) is 0 Å². The van der Waals surface area contributed by atoms with Crippen LogP contribution in [0.5, 0.6) is 0 Å². The van der Waals surface area contributed by atoms with Crippen LogP contribution in [0.25, 0.3) is 27.5 Å². The molecule has 53 heavy (non-hydrogen) atoms. The molecule has 0 saturated carbocycles. The Kier molecular flexibility index (Phi) is 10.3. The monoisotopic (exact) mass is 736 g/mol. The average molecular weight is 737 g/mol. The molecule has 3 atom stereocenters. The van der Waals surface area contributed by atoms with Gasteiger partial charge in [-0.3, -0.25) is 24.1 Å². The zero-order valence-electron chi connectivity index (χ0n) is 29.2. The molecule has 0 radical (unpaired) electrons. The van der Waals surface area contributed by atoms with Crippen LogP contribution in [0.4, 0.5) is 23.2 Å². The predicted molar refractivity (Wildman–Crippen MR) is 188 cm³/mol. The number of halogens is 4. The van der Waals surface area contributed by atoms with Gasteiger partial charge < -0.3 is 19.7 Å². The third-order valence-corrected chi connectivity index (χ3v) is 9.40. The molecule has 278 valence electrons. The first-order valence-corrected chi connectivity index (χ1v) is 16.9. The van der Waals surface area contributed by atoms with Gasteiger partial charge in [0.1, 0.15) is 17.9 Å². The molecule has 4 heterocycles. The lowest BCUT2D eigenvalue weighted by atomic mass is 9.99. The highest BCUT2D eigenvalue weighted by atomic mass is 19.4. The second kappa shape index (κ2) is 14.8. The highest BCUT2D eigenvalue weighted by Gasteiger charge is 2.45. The molecular formula is C37H36F4N6O6.